The molecule has 0 bridgehead atoms. The monoisotopic (exact) mass is 280 g/mol. The van der Waals surface area contributed by atoms with Crippen LogP contribution in [-0.4, -0.2) is 43.0 Å². The smallest absolute Gasteiger partial charge is 0.341 e. The van der Waals surface area contributed by atoms with Gasteiger partial charge in [0.05, 0.1) is 18.3 Å². The van der Waals surface area contributed by atoms with E-state index in [1.807, 2.05) is 0 Å². The normalized spacial score (nSPS) is 17.5. The number of hydrogen-bond donors (Lipinski definition) is 3. The lowest BCUT2D eigenvalue weighted by Crippen LogP contribution is -2.38. The molecule has 7 nitrogen and oxygen atoms in total. The van der Waals surface area contributed by atoms with Crippen molar-refractivity contribution >= 4 is 17.7 Å². The summed E-state index contributed by atoms with van der Waals surface area (Å²) in [6.45, 7) is 0.685. The fourth-order valence-electron chi connectivity index (χ4n) is 1.83. The number of rotatable bonds is 5. The summed E-state index contributed by atoms with van der Waals surface area (Å²) < 4.78 is 10.3. The van der Waals surface area contributed by atoms with Gasteiger partial charge in [-0.2, -0.15) is 0 Å². The van der Waals surface area contributed by atoms with Crippen LogP contribution in [0.4, 0.5) is 10.5 Å². The summed E-state index contributed by atoms with van der Waals surface area (Å²) in [6, 6.07) is 6.29. The number of carbonyl (C=O) groups excluding carboxylic acids is 1. The van der Waals surface area contributed by atoms with Gasteiger partial charge in [0.25, 0.3) is 0 Å². The summed E-state index contributed by atoms with van der Waals surface area (Å²) in [5, 5.41) is 14.0. The van der Waals surface area contributed by atoms with Crippen LogP contribution in [-0.2, 0) is 9.53 Å². The summed E-state index contributed by atoms with van der Waals surface area (Å²) in [5.41, 5.74) is 0.421. The van der Waals surface area contributed by atoms with E-state index < -0.39 is 12.6 Å². The molecule has 0 radical (unpaired) electrons. The van der Waals surface area contributed by atoms with Gasteiger partial charge in [-0.25, -0.2) is 9.59 Å². The minimum absolute atomic E-state index is 0.00194. The Labute approximate surface area is 115 Å². The Kier molecular flexibility index (Phi) is 4.78. The Morgan fingerprint density at radius 1 is 1.40 bits per heavy atom. The Hall–Kier alpha value is -2.28. The van der Waals surface area contributed by atoms with E-state index in [4.69, 9.17) is 14.6 Å². The highest BCUT2D eigenvalue weighted by molar-refractivity contribution is 5.91. The summed E-state index contributed by atoms with van der Waals surface area (Å²) in [5.74, 6) is -0.764. The molecule has 1 aromatic carbocycles. The Balaban J connectivity index is 1.93. The molecule has 20 heavy (non-hydrogen) atoms. The minimum Gasteiger partial charge on any atom is -0.480 e. The molecule has 7 heteroatoms. The number of amides is 2. The highest BCUT2D eigenvalue weighted by atomic mass is 16.5. The van der Waals surface area contributed by atoms with Crippen molar-refractivity contribution in [3.8, 4) is 5.75 Å². The molecule has 2 amide bonds. The van der Waals surface area contributed by atoms with E-state index in [1.54, 1.807) is 24.3 Å². The van der Waals surface area contributed by atoms with E-state index in [9.17, 15) is 9.59 Å². The van der Waals surface area contributed by atoms with Crippen LogP contribution in [0.1, 0.15) is 6.42 Å². The first-order valence-electron chi connectivity index (χ1n) is 6.24. The maximum atomic E-state index is 11.8. The molecular formula is C13H16N2O5. The molecule has 1 aliphatic rings. The third-order valence-electron chi connectivity index (χ3n) is 2.75. The van der Waals surface area contributed by atoms with Crippen molar-refractivity contribution in [2.24, 2.45) is 0 Å². The molecule has 1 aliphatic heterocycles. The minimum atomic E-state index is -1.08. The molecule has 1 fully saturated rings. The average molecular weight is 280 g/mol. The van der Waals surface area contributed by atoms with Crippen molar-refractivity contribution in [2.75, 3.05) is 25.1 Å². The lowest BCUT2D eigenvalue weighted by molar-refractivity contribution is -0.139. The van der Waals surface area contributed by atoms with Crippen LogP contribution in [0.25, 0.3) is 0 Å². The predicted octanol–water partition coefficient (Wildman–Crippen LogP) is 1.06. The molecule has 108 valence electrons. The zero-order valence-electron chi connectivity index (χ0n) is 10.8. The summed E-state index contributed by atoms with van der Waals surface area (Å²) in [7, 11) is 0. The first-order chi connectivity index (χ1) is 9.65. The number of hydrogen-bond acceptors (Lipinski definition) is 4. The zero-order chi connectivity index (χ0) is 14.4. The van der Waals surface area contributed by atoms with E-state index >= 15 is 0 Å². The molecule has 0 spiro atoms. The Morgan fingerprint density at radius 2 is 2.20 bits per heavy atom. The van der Waals surface area contributed by atoms with Crippen LogP contribution in [0.5, 0.6) is 5.75 Å². The third kappa shape index (κ3) is 4.13. The number of carboxylic acids is 1. The van der Waals surface area contributed by atoms with Crippen LogP contribution in [0, 0.1) is 0 Å². The van der Waals surface area contributed by atoms with Crippen molar-refractivity contribution in [1.82, 2.24) is 5.32 Å². The molecule has 1 atom stereocenters. The van der Waals surface area contributed by atoms with Crippen molar-refractivity contribution in [3.63, 3.8) is 0 Å². The van der Waals surface area contributed by atoms with Crippen molar-refractivity contribution in [1.29, 1.82) is 0 Å². The summed E-state index contributed by atoms with van der Waals surface area (Å²) in [4.78, 5) is 22.3. The van der Waals surface area contributed by atoms with E-state index in [1.165, 1.54) is 0 Å². The summed E-state index contributed by atoms with van der Waals surface area (Å²) in [6.07, 6.45) is 0.782. The van der Waals surface area contributed by atoms with Crippen LogP contribution in [0.3, 0.4) is 0 Å². The van der Waals surface area contributed by atoms with E-state index in [-0.39, 0.29) is 12.1 Å². The highest BCUT2D eigenvalue weighted by Gasteiger charge is 2.18. The standard InChI is InChI=1S/C13H16N2O5/c16-12(17)8-20-11-4-2-1-3-10(11)15-13(18)14-9-5-6-19-7-9/h1-4,9H,5-8H2,(H,16,17)(H2,14,15,18). The van der Waals surface area contributed by atoms with Crippen LogP contribution in [0.2, 0.25) is 0 Å². The largest absolute Gasteiger partial charge is 0.480 e. The van der Waals surface area contributed by atoms with Gasteiger partial charge in [-0.15, -0.1) is 0 Å². The molecule has 0 aliphatic carbocycles. The number of carbonyl (C=O) groups is 2. The molecule has 3 N–H and O–H groups in total. The predicted molar refractivity (Wildman–Crippen MR) is 71.0 cm³/mol. The fourth-order valence-corrected chi connectivity index (χ4v) is 1.83. The molecule has 1 unspecified atom stereocenters. The van der Waals surface area contributed by atoms with Gasteiger partial charge in [-0.1, -0.05) is 12.1 Å². The van der Waals surface area contributed by atoms with E-state index in [2.05, 4.69) is 10.6 Å². The van der Waals surface area contributed by atoms with E-state index in [0.29, 0.717) is 24.7 Å². The molecule has 2 rings (SSSR count). The van der Waals surface area contributed by atoms with Crippen LogP contribution >= 0.6 is 0 Å². The van der Waals surface area contributed by atoms with Gasteiger partial charge in [0, 0.05) is 6.61 Å². The second-order valence-corrected chi connectivity index (χ2v) is 4.34. The van der Waals surface area contributed by atoms with Crippen molar-refractivity contribution < 1.29 is 24.2 Å². The van der Waals surface area contributed by atoms with Crippen LogP contribution in [0.15, 0.2) is 24.3 Å². The van der Waals surface area contributed by atoms with Crippen LogP contribution < -0.4 is 15.4 Å². The van der Waals surface area contributed by atoms with Gasteiger partial charge in [0.1, 0.15) is 5.75 Å². The lowest BCUT2D eigenvalue weighted by Gasteiger charge is -2.14. The quantitative estimate of drug-likeness (QED) is 0.749. The maximum Gasteiger partial charge on any atom is 0.341 e. The number of anilines is 1. The van der Waals surface area contributed by atoms with Gasteiger partial charge in [0.2, 0.25) is 0 Å². The number of para-hydroxylation sites is 2. The summed E-state index contributed by atoms with van der Waals surface area (Å²) >= 11 is 0. The maximum absolute atomic E-state index is 11.8. The number of aliphatic carboxylic acids is 1. The number of nitrogens with one attached hydrogen (secondary N) is 2. The fraction of sp³-hybridized carbons (Fsp3) is 0.385. The molecule has 1 saturated heterocycles. The first-order valence-corrected chi connectivity index (χ1v) is 6.24. The number of carboxylic acid groups (broad SMARTS) is 1. The Morgan fingerprint density at radius 3 is 2.90 bits per heavy atom. The number of ether oxygens (including phenoxy) is 2. The lowest BCUT2D eigenvalue weighted by atomic mass is 10.2. The SMILES string of the molecule is O=C(O)COc1ccccc1NC(=O)NC1CCOC1. The van der Waals surface area contributed by atoms with Gasteiger partial charge in [0.15, 0.2) is 6.61 Å². The zero-order valence-corrected chi connectivity index (χ0v) is 10.8. The third-order valence-corrected chi connectivity index (χ3v) is 2.75. The van der Waals surface area contributed by atoms with Crippen molar-refractivity contribution in [2.45, 2.75) is 12.5 Å². The molecule has 0 aromatic heterocycles. The molecule has 0 saturated carbocycles. The molecule has 1 heterocycles. The second kappa shape index (κ2) is 6.76. The topological polar surface area (TPSA) is 96.9 Å². The average Bonchev–Trinajstić information content (AvgIpc) is 2.90. The van der Waals surface area contributed by atoms with Crippen molar-refractivity contribution in [3.05, 3.63) is 24.3 Å². The van der Waals surface area contributed by atoms with Gasteiger partial charge < -0.3 is 25.2 Å². The van der Waals surface area contributed by atoms with E-state index in [0.717, 1.165) is 6.42 Å². The number of urea groups is 1. The van der Waals surface area contributed by atoms with Gasteiger partial charge >= 0.3 is 12.0 Å². The molecular weight excluding hydrogens is 264 g/mol. The number of benzene rings is 1. The molecule has 1 aromatic rings. The highest BCUT2D eigenvalue weighted by Crippen LogP contribution is 2.23. The van der Waals surface area contributed by atoms with Gasteiger partial charge in [-0.05, 0) is 18.6 Å². The van der Waals surface area contributed by atoms with Gasteiger partial charge in [-0.3, -0.25) is 0 Å². The Bertz CT molecular complexity index is 485. The first kappa shape index (κ1) is 14.1. The second-order valence-electron chi connectivity index (χ2n) is 4.34.